The number of hydrogen-bond acceptors (Lipinski definition) is 4. The summed E-state index contributed by atoms with van der Waals surface area (Å²) in [5, 5.41) is 9.15. The van der Waals surface area contributed by atoms with Crippen molar-refractivity contribution in [2.45, 2.75) is 17.7 Å². The van der Waals surface area contributed by atoms with Crippen LogP contribution in [0.5, 0.6) is 5.75 Å². The van der Waals surface area contributed by atoms with Gasteiger partial charge in [-0.2, -0.15) is 0 Å². The van der Waals surface area contributed by atoms with Crippen LogP contribution in [-0.4, -0.2) is 31.0 Å². The van der Waals surface area contributed by atoms with Gasteiger partial charge >= 0.3 is 5.97 Å². The van der Waals surface area contributed by atoms with Gasteiger partial charge in [-0.3, -0.25) is 4.79 Å². The molecule has 0 radical (unpaired) electrons. The number of ether oxygens (including phenoxy) is 1. The van der Waals surface area contributed by atoms with Crippen LogP contribution in [0.3, 0.4) is 0 Å². The molecule has 0 aliphatic heterocycles. The average Bonchev–Trinajstić information content (AvgIpc) is 2.30. The highest BCUT2D eigenvalue weighted by atomic mass is 32.2. The lowest BCUT2D eigenvalue weighted by Crippen LogP contribution is -2.21. The normalized spacial score (nSPS) is 12.2. The monoisotopic (exact) mass is 255 g/mol. The van der Waals surface area contributed by atoms with E-state index in [1.165, 1.54) is 11.8 Å². The molecule has 0 aromatic heterocycles. The molecule has 0 fully saturated rings. The van der Waals surface area contributed by atoms with Crippen molar-refractivity contribution in [3.8, 4) is 5.75 Å². The second-order valence-corrected chi connectivity index (χ2v) is 4.54. The summed E-state index contributed by atoms with van der Waals surface area (Å²) >= 11 is 1.52. The lowest BCUT2D eigenvalue weighted by Gasteiger charge is -2.17. The highest BCUT2D eigenvalue weighted by molar-refractivity contribution is 7.98. The molecule has 0 saturated heterocycles. The number of thioether (sulfide) groups is 1. The predicted octanol–water partition coefficient (Wildman–Crippen LogP) is 1.85. The fraction of sp³-hybridized carbons (Fsp3) is 0.417. The Hall–Kier alpha value is -1.20. The molecule has 4 nitrogen and oxygen atoms in total. The van der Waals surface area contributed by atoms with E-state index in [-0.39, 0.29) is 6.54 Å². The fourth-order valence-electron chi connectivity index (χ4n) is 1.71. The zero-order valence-electron chi connectivity index (χ0n) is 10.2. The van der Waals surface area contributed by atoms with Gasteiger partial charge in [-0.1, -0.05) is 0 Å². The number of carboxylic acids is 1. The van der Waals surface area contributed by atoms with Crippen LogP contribution in [0.15, 0.2) is 17.0 Å². The number of nitrogens with two attached hydrogens (primary N) is 1. The molecule has 0 aliphatic rings. The molecule has 1 aromatic rings. The van der Waals surface area contributed by atoms with Crippen LogP contribution in [0.2, 0.25) is 0 Å². The first kappa shape index (κ1) is 13.9. The third-order valence-corrected chi connectivity index (χ3v) is 3.45. The predicted molar refractivity (Wildman–Crippen MR) is 68.9 cm³/mol. The van der Waals surface area contributed by atoms with Crippen molar-refractivity contribution in [2.75, 3.05) is 19.9 Å². The maximum Gasteiger partial charge on any atom is 0.312 e. The average molecular weight is 255 g/mol. The van der Waals surface area contributed by atoms with Crippen LogP contribution < -0.4 is 10.5 Å². The molecular weight excluding hydrogens is 238 g/mol. The molecule has 5 heteroatoms. The second kappa shape index (κ2) is 5.93. The zero-order chi connectivity index (χ0) is 13.0. The largest absolute Gasteiger partial charge is 0.496 e. The number of methoxy groups -OCH3 is 1. The first-order valence-corrected chi connectivity index (χ1v) is 6.43. The Balaban J connectivity index is 3.33. The molecule has 0 saturated carbocycles. The van der Waals surface area contributed by atoms with E-state index in [2.05, 4.69) is 0 Å². The summed E-state index contributed by atoms with van der Waals surface area (Å²) in [4.78, 5) is 12.1. The van der Waals surface area contributed by atoms with Gasteiger partial charge in [0.25, 0.3) is 0 Å². The number of hydrogen-bond donors (Lipinski definition) is 2. The molecule has 17 heavy (non-hydrogen) atoms. The highest BCUT2D eigenvalue weighted by Crippen LogP contribution is 2.33. The van der Waals surface area contributed by atoms with Gasteiger partial charge in [-0.05, 0) is 36.4 Å². The fourth-order valence-corrected chi connectivity index (χ4v) is 2.44. The summed E-state index contributed by atoms with van der Waals surface area (Å²) in [6.45, 7) is 2.01. The summed E-state index contributed by atoms with van der Waals surface area (Å²) in [6.07, 6.45) is 1.92. The molecule has 0 amide bonds. The topological polar surface area (TPSA) is 72.5 Å². The van der Waals surface area contributed by atoms with E-state index in [9.17, 15) is 4.79 Å². The molecule has 1 aromatic carbocycles. The molecule has 0 bridgehead atoms. The number of aliphatic carboxylic acids is 1. The van der Waals surface area contributed by atoms with E-state index in [0.717, 1.165) is 16.0 Å². The summed E-state index contributed by atoms with van der Waals surface area (Å²) in [7, 11) is 1.57. The Bertz CT molecular complexity index is 420. The summed E-state index contributed by atoms with van der Waals surface area (Å²) in [5.41, 5.74) is 7.23. The van der Waals surface area contributed by atoms with Gasteiger partial charge in [0.05, 0.1) is 13.0 Å². The van der Waals surface area contributed by atoms with Gasteiger partial charge in [0.2, 0.25) is 0 Å². The van der Waals surface area contributed by atoms with E-state index in [4.69, 9.17) is 15.6 Å². The molecule has 1 atom stereocenters. The van der Waals surface area contributed by atoms with Crippen LogP contribution in [0, 0.1) is 6.92 Å². The van der Waals surface area contributed by atoms with Crippen LogP contribution in [0.1, 0.15) is 17.0 Å². The van der Waals surface area contributed by atoms with Gasteiger partial charge in [-0.15, -0.1) is 11.8 Å². The van der Waals surface area contributed by atoms with E-state index < -0.39 is 11.9 Å². The highest BCUT2D eigenvalue weighted by Gasteiger charge is 2.22. The van der Waals surface area contributed by atoms with Crippen molar-refractivity contribution in [2.24, 2.45) is 5.73 Å². The molecule has 1 unspecified atom stereocenters. The van der Waals surface area contributed by atoms with Crippen molar-refractivity contribution >= 4 is 17.7 Å². The Morgan fingerprint density at radius 1 is 1.59 bits per heavy atom. The summed E-state index contributed by atoms with van der Waals surface area (Å²) < 4.78 is 5.22. The van der Waals surface area contributed by atoms with Gasteiger partial charge in [0, 0.05) is 11.4 Å². The van der Waals surface area contributed by atoms with Crippen molar-refractivity contribution in [1.29, 1.82) is 0 Å². The van der Waals surface area contributed by atoms with Gasteiger partial charge < -0.3 is 15.6 Å². The molecule has 0 aliphatic carbocycles. The Labute approximate surface area is 105 Å². The van der Waals surface area contributed by atoms with Crippen molar-refractivity contribution in [1.82, 2.24) is 0 Å². The first-order valence-electron chi connectivity index (χ1n) is 5.20. The van der Waals surface area contributed by atoms with E-state index in [1.54, 1.807) is 13.2 Å². The van der Waals surface area contributed by atoms with Gasteiger partial charge in [0.15, 0.2) is 0 Å². The van der Waals surface area contributed by atoms with Crippen LogP contribution in [0.4, 0.5) is 0 Å². The number of rotatable bonds is 5. The molecule has 3 N–H and O–H groups in total. The van der Waals surface area contributed by atoms with E-state index in [0.29, 0.717) is 5.75 Å². The SMILES string of the molecule is COc1cc(C(CN)C(=O)O)c(SC)cc1C. The van der Waals surface area contributed by atoms with Gasteiger partial charge in [0.1, 0.15) is 5.75 Å². The number of carboxylic acid groups (broad SMARTS) is 1. The second-order valence-electron chi connectivity index (χ2n) is 3.69. The number of benzene rings is 1. The molecule has 0 heterocycles. The quantitative estimate of drug-likeness (QED) is 0.786. The van der Waals surface area contributed by atoms with Crippen molar-refractivity contribution < 1.29 is 14.6 Å². The third kappa shape index (κ3) is 2.92. The molecule has 1 rings (SSSR count). The minimum Gasteiger partial charge on any atom is -0.496 e. The lowest BCUT2D eigenvalue weighted by molar-refractivity contribution is -0.138. The Kier molecular flexibility index (Phi) is 4.84. The van der Waals surface area contributed by atoms with Crippen LogP contribution in [0.25, 0.3) is 0 Å². The molecular formula is C12H17NO3S. The maximum atomic E-state index is 11.2. The van der Waals surface area contributed by atoms with Crippen LogP contribution in [-0.2, 0) is 4.79 Å². The summed E-state index contributed by atoms with van der Waals surface area (Å²) in [5.74, 6) is -0.904. The smallest absolute Gasteiger partial charge is 0.312 e. The lowest BCUT2D eigenvalue weighted by atomic mass is 9.97. The third-order valence-electron chi connectivity index (χ3n) is 2.66. The molecule has 94 valence electrons. The van der Waals surface area contributed by atoms with Crippen molar-refractivity contribution in [3.63, 3.8) is 0 Å². The van der Waals surface area contributed by atoms with Gasteiger partial charge in [-0.25, -0.2) is 0 Å². The van der Waals surface area contributed by atoms with E-state index >= 15 is 0 Å². The Morgan fingerprint density at radius 2 is 2.24 bits per heavy atom. The first-order chi connectivity index (χ1) is 8.04. The Morgan fingerprint density at radius 3 is 2.65 bits per heavy atom. The van der Waals surface area contributed by atoms with Crippen molar-refractivity contribution in [3.05, 3.63) is 23.3 Å². The zero-order valence-corrected chi connectivity index (χ0v) is 11.0. The van der Waals surface area contributed by atoms with Crippen LogP contribution >= 0.6 is 11.8 Å². The maximum absolute atomic E-state index is 11.2. The minimum atomic E-state index is -0.909. The van der Waals surface area contributed by atoms with E-state index in [1.807, 2.05) is 19.2 Å². The number of carbonyl (C=O) groups is 1. The standard InChI is InChI=1S/C12H17NO3S/c1-7-4-11(17-3)8(5-10(7)16-2)9(6-13)12(14)15/h4-5,9H,6,13H2,1-3H3,(H,14,15). The minimum absolute atomic E-state index is 0.0785. The number of aryl methyl sites for hydroxylation is 1. The summed E-state index contributed by atoms with van der Waals surface area (Å²) in [6, 6.07) is 3.71. The molecule has 0 spiro atoms.